The number of halogens is 1. The molecule has 144 valence electrons. The van der Waals surface area contributed by atoms with E-state index < -0.39 is 0 Å². The molecule has 2 fully saturated rings. The largest absolute Gasteiger partial charge is 0.495 e. The summed E-state index contributed by atoms with van der Waals surface area (Å²) in [6, 6.07) is 13.5. The van der Waals surface area contributed by atoms with Gasteiger partial charge in [0.05, 0.1) is 42.5 Å². The highest BCUT2D eigenvalue weighted by molar-refractivity contribution is 6.31. The molecule has 0 unspecified atom stereocenters. The Morgan fingerprint density at radius 1 is 1.25 bits per heavy atom. The number of amides is 1. The number of piperazine rings is 1. The monoisotopic (exact) mass is 396 g/mol. The topological polar surface area (TPSA) is 50.6 Å². The molecule has 1 aromatic heterocycles. The number of fused-ring (bicyclic) bond motifs is 3. The summed E-state index contributed by atoms with van der Waals surface area (Å²) in [6.07, 6.45) is 0.818. The summed E-state index contributed by atoms with van der Waals surface area (Å²) in [5.41, 5.74) is 2.86. The summed E-state index contributed by atoms with van der Waals surface area (Å²) in [7, 11) is 3.65. The zero-order valence-corrected chi connectivity index (χ0v) is 16.6. The predicted molar refractivity (Wildman–Crippen MR) is 109 cm³/mol. The van der Waals surface area contributed by atoms with E-state index in [1.807, 2.05) is 42.3 Å². The highest BCUT2D eigenvalue weighted by Gasteiger charge is 2.50. The third kappa shape index (κ3) is 2.59. The van der Waals surface area contributed by atoms with Crippen LogP contribution in [0.3, 0.4) is 0 Å². The molecule has 2 atom stereocenters. The van der Waals surface area contributed by atoms with Crippen molar-refractivity contribution in [2.75, 3.05) is 18.6 Å². The Morgan fingerprint density at radius 2 is 2.07 bits per heavy atom. The lowest BCUT2D eigenvalue weighted by Crippen LogP contribution is -2.50. The summed E-state index contributed by atoms with van der Waals surface area (Å²) in [5, 5.41) is 0.600. The van der Waals surface area contributed by atoms with Crippen LogP contribution in [0.2, 0.25) is 5.02 Å². The van der Waals surface area contributed by atoms with Crippen molar-refractivity contribution in [3.8, 4) is 5.75 Å². The summed E-state index contributed by atoms with van der Waals surface area (Å²) in [4.78, 5) is 22.0. The number of nitrogens with zero attached hydrogens (tertiary/aromatic N) is 4. The molecule has 2 aromatic carbocycles. The van der Waals surface area contributed by atoms with Crippen LogP contribution in [0.25, 0.3) is 11.0 Å². The van der Waals surface area contributed by atoms with Gasteiger partial charge in [-0.25, -0.2) is 4.98 Å². The molecular weight excluding hydrogens is 376 g/mol. The molecular formula is C21H21ClN4O2. The highest BCUT2D eigenvalue weighted by atomic mass is 35.5. The smallest absolute Gasteiger partial charge is 0.244 e. The summed E-state index contributed by atoms with van der Waals surface area (Å²) >= 11 is 6.18. The number of imidazole rings is 1. The number of hydrogen-bond acceptors (Lipinski definition) is 4. The van der Waals surface area contributed by atoms with Gasteiger partial charge in [0.15, 0.2) is 0 Å². The molecule has 2 aliphatic rings. The Balaban J connectivity index is 1.41. The molecule has 2 aliphatic heterocycles. The van der Waals surface area contributed by atoms with Crippen LogP contribution in [-0.2, 0) is 18.4 Å². The number of aryl methyl sites for hydroxylation is 1. The first-order chi connectivity index (χ1) is 13.6. The zero-order chi connectivity index (χ0) is 19.4. The van der Waals surface area contributed by atoms with Crippen LogP contribution >= 0.6 is 11.6 Å². The van der Waals surface area contributed by atoms with Gasteiger partial charge in [0.2, 0.25) is 5.91 Å². The minimum atomic E-state index is -0.131. The number of ether oxygens (including phenoxy) is 1. The van der Waals surface area contributed by atoms with Crippen molar-refractivity contribution in [3.05, 3.63) is 53.3 Å². The van der Waals surface area contributed by atoms with E-state index in [4.69, 9.17) is 21.3 Å². The molecule has 2 saturated heterocycles. The van der Waals surface area contributed by atoms with Crippen molar-refractivity contribution >= 4 is 34.2 Å². The first-order valence-electron chi connectivity index (χ1n) is 9.38. The molecule has 0 N–H and O–H groups in total. The predicted octanol–water partition coefficient (Wildman–Crippen LogP) is 3.23. The maximum atomic E-state index is 13.2. The Bertz CT molecular complexity index is 1080. The first kappa shape index (κ1) is 17.5. The third-order valence-electron chi connectivity index (χ3n) is 5.89. The van der Waals surface area contributed by atoms with E-state index in [0.717, 1.165) is 35.5 Å². The van der Waals surface area contributed by atoms with Gasteiger partial charge in [-0.05, 0) is 36.8 Å². The molecule has 1 amide bonds. The first-order valence-corrected chi connectivity index (χ1v) is 9.75. The fourth-order valence-electron chi connectivity index (χ4n) is 4.52. The van der Waals surface area contributed by atoms with Gasteiger partial charge in [0.1, 0.15) is 11.6 Å². The molecule has 5 rings (SSSR count). The number of para-hydroxylation sites is 2. The average Bonchev–Trinajstić information content (AvgIpc) is 3.34. The van der Waals surface area contributed by atoms with Crippen LogP contribution in [0, 0.1) is 0 Å². The minimum absolute atomic E-state index is 0.107. The minimum Gasteiger partial charge on any atom is -0.495 e. The van der Waals surface area contributed by atoms with Crippen molar-refractivity contribution in [1.29, 1.82) is 0 Å². The number of carbonyl (C=O) groups is 1. The molecule has 6 nitrogen and oxygen atoms in total. The Kier molecular flexibility index (Phi) is 4.07. The Labute approximate surface area is 168 Å². The molecule has 28 heavy (non-hydrogen) atoms. The normalized spacial score (nSPS) is 21.8. The second-order valence-electron chi connectivity index (χ2n) is 7.43. The maximum absolute atomic E-state index is 13.2. The second kappa shape index (κ2) is 6.50. The SMILES string of the molecule is COc1ccc(Cl)cc1N1C(=O)[C@@H]2C[C@H]1CN2Cc1nc2ccccc2n1C. The second-order valence-corrected chi connectivity index (χ2v) is 7.87. The van der Waals surface area contributed by atoms with Crippen molar-refractivity contribution in [2.24, 2.45) is 7.05 Å². The molecule has 0 saturated carbocycles. The van der Waals surface area contributed by atoms with E-state index in [1.54, 1.807) is 13.2 Å². The standard InChI is InChI=1S/C21H21ClN4O2/c1-24-16-6-4-3-5-15(16)23-20(24)12-25-11-14-10-18(25)21(27)26(14)17-9-13(22)7-8-19(17)28-2/h3-9,14,18H,10-12H2,1-2H3/t14-,18-/m0/s1. The fraction of sp³-hybridized carbons (Fsp3) is 0.333. The Hall–Kier alpha value is -2.57. The van der Waals surface area contributed by atoms with Crippen molar-refractivity contribution in [2.45, 2.75) is 25.0 Å². The van der Waals surface area contributed by atoms with Gasteiger partial charge in [0, 0.05) is 18.6 Å². The van der Waals surface area contributed by atoms with E-state index in [-0.39, 0.29) is 18.0 Å². The molecule has 0 spiro atoms. The number of methoxy groups -OCH3 is 1. The molecule has 2 bridgehead atoms. The Morgan fingerprint density at radius 3 is 2.82 bits per heavy atom. The fourth-order valence-corrected chi connectivity index (χ4v) is 4.69. The lowest BCUT2D eigenvalue weighted by molar-refractivity contribution is -0.122. The van der Waals surface area contributed by atoms with Crippen LogP contribution in [0.1, 0.15) is 12.2 Å². The number of rotatable bonds is 4. The molecule has 3 heterocycles. The van der Waals surface area contributed by atoms with E-state index in [2.05, 4.69) is 15.5 Å². The van der Waals surface area contributed by atoms with Gasteiger partial charge < -0.3 is 14.2 Å². The number of likely N-dealkylation sites (tertiary alicyclic amines) is 1. The van der Waals surface area contributed by atoms with Gasteiger partial charge in [-0.15, -0.1) is 0 Å². The van der Waals surface area contributed by atoms with E-state index >= 15 is 0 Å². The lowest BCUT2D eigenvalue weighted by atomic mass is 10.2. The molecule has 7 heteroatoms. The van der Waals surface area contributed by atoms with Gasteiger partial charge in [0.25, 0.3) is 0 Å². The average molecular weight is 397 g/mol. The van der Waals surface area contributed by atoms with Gasteiger partial charge >= 0.3 is 0 Å². The number of hydrogen-bond donors (Lipinski definition) is 0. The van der Waals surface area contributed by atoms with Crippen LogP contribution < -0.4 is 9.64 Å². The van der Waals surface area contributed by atoms with Crippen LogP contribution in [0.4, 0.5) is 5.69 Å². The van der Waals surface area contributed by atoms with Gasteiger partial charge in [-0.1, -0.05) is 23.7 Å². The molecule has 3 aromatic rings. The maximum Gasteiger partial charge on any atom is 0.244 e. The van der Waals surface area contributed by atoms with Crippen LogP contribution in [0.5, 0.6) is 5.75 Å². The summed E-state index contributed by atoms with van der Waals surface area (Å²) in [6.45, 7) is 1.48. The number of aromatic nitrogens is 2. The van der Waals surface area contributed by atoms with Crippen LogP contribution in [-0.4, -0.2) is 46.1 Å². The van der Waals surface area contributed by atoms with E-state index in [1.165, 1.54) is 0 Å². The van der Waals surface area contributed by atoms with E-state index in [9.17, 15) is 4.79 Å². The quantitative estimate of drug-likeness (QED) is 0.679. The van der Waals surface area contributed by atoms with E-state index in [0.29, 0.717) is 17.3 Å². The summed E-state index contributed by atoms with van der Waals surface area (Å²) in [5.74, 6) is 1.76. The highest BCUT2D eigenvalue weighted by Crippen LogP contribution is 2.41. The van der Waals surface area contributed by atoms with Crippen molar-refractivity contribution in [3.63, 3.8) is 0 Å². The van der Waals surface area contributed by atoms with Crippen molar-refractivity contribution < 1.29 is 9.53 Å². The zero-order valence-electron chi connectivity index (χ0n) is 15.8. The number of carbonyl (C=O) groups excluding carboxylic acids is 1. The third-order valence-corrected chi connectivity index (χ3v) is 6.13. The van der Waals surface area contributed by atoms with Crippen molar-refractivity contribution in [1.82, 2.24) is 14.5 Å². The molecule has 0 aliphatic carbocycles. The molecule has 0 radical (unpaired) electrons. The summed E-state index contributed by atoms with van der Waals surface area (Å²) < 4.78 is 7.58. The van der Waals surface area contributed by atoms with Gasteiger partial charge in [-0.3, -0.25) is 9.69 Å². The number of anilines is 1. The number of benzene rings is 2. The van der Waals surface area contributed by atoms with Crippen LogP contribution in [0.15, 0.2) is 42.5 Å². The van der Waals surface area contributed by atoms with Gasteiger partial charge in [-0.2, -0.15) is 0 Å². The lowest BCUT2D eigenvalue weighted by Gasteiger charge is -2.34.